The normalized spacial score (nSPS) is 13.1. The van der Waals surface area contributed by atoms with Crippen LogP contribution < -0.4 is 0 Å². The third-order valence-corrected chi connectivity index (χ3v) is 2.36. The van der Waals surface area contributed by atoms with E-state index in [1.807, 2.05) is 0 Å². The molecule has 1 nitrogen and oxygen atoms in total. The minimum Gasteiger partial charge on any atom is -0.294 e. The Morgan fingerprint density at radius 2 is 1.72 bits per heavy atom. The number of Topliss-reactive ketones (excluding diaryl/α,β-unsaturated/α-hetero) is 1. The molecule has 0 spiro atoms. The summed E-state index contributed by atoms with van der Waals surface area (Å²) in [6, 6.07) is 4.56. The van der Waals surface area contributed by atoms with Crippen LogP contribution in [-0.4, -0.2) is 5.78 Å². The molecule has 0 N–H and O–H groups in total. The summed E-state index contributed by atoms with van der Waals surface area (Å²) in [7, 11) is 0. The monoisotopic (exact) mass is 254 g/mol. The maximum Gasteiger partial charge on any atom is 0.416 e. The summed E-state index contributed by atoms with van der Waals surface area (Å²) in [4.78, 5) is 11.4. The van der Waals surface area contributed by atoms with Crippen LogP contribution in [-0.2, 0) is 11.0 Å². The molecule has 0 aromatic heterocycles. The van der Waals surface area contributed by atoms with Gasteiger partial charge in [-0.2, -0.15) is 13.2 Å². The van der Waals surface area contributed by atoms with Crippen LogP contribution in [0.2, 0.25) is 0 Å². The molecule has 0 atom stereocenters. The molecule has 1 aromatic carbocycles. The largest absolute Gasteiger partial charge is 0.416 e. The second kappa shape index (κ2) is 5.67. The molecule has 0 saturated carbocycles. The van der Waals surface area contributed by atoms with E-state index in [1.54, 1.807) is 25.2 Å². The Morgan fingerprint density at radius 3 is 2.11 bits per heavy atom. The predicted molar refractivity (Wildman–Crippen MR) is 64.9 cm³/mol. The van der Waals surface area contributed by atoms with Gasteiger partial charge in [-0.15, -0.1) is 0 Å². The van der Waals surface area contributed by atoms with Crippen LogP contribution in [0, 0.1) is 0 Å². The van der Waals surface area contributed by atoms with Crippen molar-refractivity contribution >= 4 is 11.4 Å². The van der Waals surface area contributed by atoms with Gasteiger partial charge >= 0.3 is 6.18 Å². The molecule has 0 heterocycles. The quantitative estimate of drug-likeness (QED) is 0.582. The number of allylic oxidation sites excluding steroid dienone is 4. The zero-order chi connectivity index (χ0) is 13.8. The van der Waals surface area contributed by atoms with E-state index in [1.165, 1.54) is 19.1 Å². The third-order valence-electron chi connectivity index (χ3n) is 2.36. The summed E-state index contributed by atoms with van der Waals surface area (Å²) in [5.74, 6) is -0.187. The van der Waals surface area contributed by atoms with Gasteiger partial charge in [0.25, 0.3) is 0 Å². The zero-order valence-electron chi connectivity index (χ0n) is 10.1. The Balaban J connectivity index is 3.13. The van der Waals surface area contributed by atoms with Crippen LogP contribution in [0.25, 0.3) is 5.57 Å². The van der Waals surface area contributed by atoms with Crippen LogP contribution in [0.1, 0.15) is 25.0 Å². The Hall–Kier alpha value is -1.84. The number of ketones is 1. The molecule has 0 aliphatic carbocycles. The van der Waals surface area contributed by atoms with Gasteiger partial charge in [0.05, 0.1) is 5.56 Å². The van der Waals surface area contributed by atoms with E-state index < -0.39 is 11.7 Å². The number of benzene rings is 1. The SMILES string of the molecule is C/C=C/C=C(\C(C)=O)c1ccc(C(F)(F)F)cc1. The molecule has 0 saturated heterocycles. The Labute approximate surface area is 104 Å². The molecule has 0 radical (unpaired) electrons. The first-order valence-electron chi connectivity index (χ1n) is 5.38. The summed E-state index contributed by atoms with van der Waals surface area (Å²) >= 11 is 0. The highest BCUT2D eigenvalue weighted by atomic mass is 19.4. The van der Waals surface area contributed by atoms with Gasteiger partial charge in [0.2, 0.25) is 0 Å². The van der Waals surface area contributed by atoms with Crippen molar-refractivity contribution in [2.45, 2.75) is 20.0 Å². The minimum atomic E-state index is -4.36. The number of hydrogen-bond acceptors (Lipinski definition) is 1. The van der Waals surface area contributed by atoms with Gasteiger partial charge < -0.3 is 0 Å². The second-order valence-electron chi connectivity index (χ2n) is 3.74. The fourth-order valence-electron chi connectivity index (χ4n) is 1.45. The maximum atomic E-state index is 12.4. The number of carbonyl (C=O) groups excluding carboxylic acids is 1. The van der Waals surface area contributed by atoms with Gasteiger partial charge in [0, 0.05) is 5.57 Å². The lowest BCUT2D eigenvalue weighted by molar-refractivity contribution is -0.137. The van der Waals surface area contributed by atoms with Crippen LogP contribution in [0.15, 0.2) is 42.5 Å². The third kappa shape index (κ3) is 3.58. The molecule has 18 heavy (non-hydrogen) atoms. The van der Waals surface area contributed by atoms with Crippen molar-refractivity contribution in [3.05, 3.63) is 53.6 Å². The van der Waals surface area contributed by atoms with E-state index in [0.717, 1.165) is 12.1 Å². The first kappa shape index (κ1) is 14.2. The molecule has 0 aliphatic heterocycles. The molecule has 4 heteroatoms. The first-order valence-corrected chi connectivity index (χ1v) is 5.38. The first-order chi connectivity index (χ1) is 8.36. The number of hydrogen-bond donors (Lipinski definition) is 0. The molecule has 96 valence electrons. The number of alkyl halides is 3. The van der Waals surface area contributed by atoms with Crippen molar-refractivity contribution in [2.24, 2.45) is 0 Å². The summed E-state index contributed by atoms with van der Waals surface area (Å²) in [5, 5.41) is 0. The van der Waals surface area contributed by atoms with E-state index >= 15 is 0 Å². The van der Waals surface area contributed by atoms with Crippen LogP contribution in [0.4, 0.5) is 13.2 Å². The average Bonchev–Trinajstić information content (AvgIpc) is 2.28. The molecule has 1 rings (SSSR count). The smallest absolute Gasteiger partial charge is 0.294 e. The predicted octanol–water partition coefficient (Wildman–Crippen LogP) is 4.25. The minimum absolute atomic E-state index is 0.187. The topological polar surface area (TPSA) is 17.1 Å². The van der Waals surface area contributed by atoms with Gasteiger partial charge in [-0.1, -0.05) is 30.4 Å². The molecule has 1 aromatic rings. The highest BCUT2D eigenvalue weighted by Crippen LogP contribution is 2.30. The molecule has 0 unspecified atom stereocenters. The molecule has 0 amide bonds. The molecular formula is C14H13F3O. The van der Waals surface area contributed by atoms with Crippen molar-refractivity contribution in [1.82, 2.24) is 0 Å². The molecular weight excluding hydrogens is 241 g/mol. The van der Waals surface area contributed by atoms with E-state index in [4.69, 9.17) is 0 Å². The van der Waals surface area contributed by atoms with Gasteiger partial charge in [0.1, 0.15) is 0 Å². The summed E-state index contributed by atoms with van der Waals surface area (Å²) in [6.45, 7) is 3.17. The van der Waals surface area contributed by atoms with E-state index in [0.29, 0.717) is 11.1 Å². The Bertz CT molecular complexity index is 479. The Kier molecular flexibility index (Phi) is 4.48. The lowest BCUT2D eigenvalue weighted by Crippen LogP contribution is -2.05. The number of rotatable bonds is 3. The van der Waals surface area contributed by atoms with Crippen molar-refractivity contribution < 1.29 is 18.0 Å². The summed E-state index contributed by atoms with van der Waals surface area (Å²) in [5.41, 5.74) is 0.149. The summed E-state index contributed by atoms with van der Waals surface area (Å²) < 4.78 is 37.2. The zero-order valence-corrected chi connectivity index (χ0v) is 10.1. The highest BCUT2D eigenvalue weighted by Gasteiger charge is 2.30. The van der Waals surface area contributed by atoms with Gasteiger partial charge in [-0.05, 0) is 31.5 Å². The van der Waals surface area contributed by atoms with Crippen LogP contribution in [0.3, 0.4) is 0 Å². The number of carbonyl (C=O) groups is 1. The van der Waals surface area contributed by atoms with Crippen molar-refractivity contribution in [2.75, 3.05) is 0 Å². The van der Waals surface area contributed by atoms with Gasteiger partial charge in [0.15, 0.2) is 5.78 Å². The standard InChI is InChI=1S/C14H13F3O/c1-3-4-5-13(10(2)18)11-6-8-12(9-7-11)14(15,16)17/h3-9H,1-2H3/b4-3+,13-5+. The van der Waals surface area contributed by atoms with E-state index in [-0.39, 0.29) is 5.78 Å². The summed E-state index contributed by atoms with van der Waals surface area (Å²) in [6.07, 6.45) is 0.647. The van der Waals surface area contributed by atoms with E-state index in [9.17, 15) is 18.0 Å². The van der Waals surface area contributed by atoms with Gasteiger partial charge in [-0.3, -0.25) is 4.79 Å². The maximum absolute atomic E-state index is 12.4. The molecule has 0 bridgehead atoms. The number of halogens is 3. The van der Waals surface area contributed by atoms with E-state index in [2.05, 4.69) is 0 Å². The van der Waals surface area contributed by atoms with Crippen molar-refractivity contribution in [3.8, 4) is 0 Å². The lowest BCUT2D eigenvalue weighted by atomic mass is 10.0. The molecule has 0 fully saturated rings. The molecule has 0 aliphatic rings. The van der Waals surface area contributed by atoms with Crippen molar-refractivity contribution in [1.29, 1.82) is 0 Å². The Morgan fingerprint density at radius 1 is 1.17 bits per heavy atom. The second-order valence-corrected chi connectivity index (χ2v) is 3.74. The average molecular weight is 254 g/mol. The fraction of sp³-hybridized carbons (Fsp3) is 0.214. The fourth-order valence-corrected chi connectivity index (χ4v) is 1.45. The van der Waals surface area contributed by atoms with Crippen LogP contribution >= 0.6 is 0 Å². The van der Waals surface area contributed by atoms with Crippen LogP contribution in [0.5, 0.6) is 0 Å². The van der Waals surface area contributed by atoms with Crippen molar-refractivity contribution in [3.63, 3.8) is 0 Å². The lowest BCUT2D eigenvalue weighted by Gasteiger charge is -2.08. The van der Waals surface area contributed by atoms with Gasteiger partial charge in [-0.25, -0.2) is 0 Å². The highest BCUT2D eigenvalue weighted by molar-refractivity contribution is 6.19.